The molecule has 0 saturated carbocycles. The first-order chi connectivity index (χ1) is 10.7. The van der Waals surface area contributed by atoms with Crippen molar-refractivity contribution in [3.8, 4) is 0 Å². The molecule has 2 aliphatic rings. The highest BCUT2D eigenvalue weighted by Gasteiger charge is 2.37. The van der Waals surface area contributed by atoms with Gasteiger partial charge < -0.3 is 20.0 Å². The Bertz CT molecular complexity index is 511. The topological polar surface area (TPSA) is 74.6 Å². The number of likely N-dealkylation sites (tertiary alicyclic amines) is 1. The van der Waals surface area contributed by atoms with Crippen LogP contribution in [0.2, 0.25) is 0 Å². The van der Waals surface area contributed by atoms with Gasteiger partial charge in [-0.25, -0.2) is 0 Å². The minimum absolute atomic E-state index is 0.126. The van der Waals surface area contributed by atoms with Crippen LogP contribution >= 0.6 is 0 Å². The number of carbonyl (C=O) groups is 2. The van der Waals surface area contributed by atoms with Crippen LogP contribution in [0.3, 0.4) is 0 Å². The molecule has 120 valence electrons. The maximum atomic E-state index is 12.2. The number of piperidine rings is 1. The summed E-state index contributed by atoms with van der Waals surface area (Å²) >= 11 is 0. The fourth-order valence-electron chi connectivity index (χ4n) is 3.39. The van der Waals surface area contributed by atoms with E-state index in [1.807, 2.05) is 4.90 Å². The summed E-state index contributed by atoms with van der Waals surface area (Å²) in [6, 6.07) is 3.28. The van der Waals surface area contributed by atoms with Gasteiger partial charge in [0.2, 0.25) is 5.91 Å². The summed E-state index contributed by atoms with van der Waals surface area (Å²) in [7, 11) is 0. The van der Waals surface area contributed by atoms with Crippen molar-refractivity contribution in [3.05, 3.63) is 24.2 Å². The van der Waals surface area contributed by atoms with E-state index in [0.29, 0.717) is 18.4 Å². The Morgan fingerprint density at radius 3 is 2.77 bits per heavy atom. The molecule has 0 unspecified atom stereocenters. The van der Waals surface area contributed by atoms with Gasteiger partial charge in [-0.3, -0.25) is 9.59 Å². The van der Waals surface area contributed by atoms with Crippen LogP contribution in [0.5, 0.6) is 0 Å². The molecular formula is C16H23N3O3. The molecule has 3 rings (SSSR count). The zero-order chi connectivity index (χ0) is 15.4. The lowest BCUT2D eigenvalue weighted by Gasteiger charge is -2.39. The number of furan rings is 1. The molecule has 1 aromatic rings. The largest absolute Gasteiger partial charge is 0.459 e. The smallest absolute Gasteiger partial charge is 0.286 e. The molecule has 2 fully saturated rings. The van der Waals surface area contributed by atoms with Crippen molar-refractivity contribution in [2.45, 2.75) is 25.7 Å². The fraction of sp³-hybridized carbons (Fsp3) is 0.625. The Balaban J connectivity index is 1.38. The maximum Gasteiger partial charge on any atom is 0.286 e. The van der Waals surface area contributed by atoms with E-state index in [2.05, 4.69) is 10.6 Å². The van der Waals surface area contributed by atoms with Crippen molar-refractivity contribution in [1.29, 1.82) is 0 Å². The Morgan fingerprint density at radius 1 is 1.32 bits per heavy atom. The summed E-state index contributed by atoms with van der Waals surface area (Å²) in [4.78, 5) is 25.8. The second-order valence-electron chi connectivity index (χ2n) is 6.29. The van der Waals surface area contributed by atoms with Crippen LogP contribution in [-0.4, -0.2) is 49.4 Å². The number of amides is 2. The van der Waals surface area contributed by atoms with Gasteiger partial charge in [0.05, 0.1) is 6.26 Å². The Labute approximate surface area is 130 Å². The summed E-state index contributed by atoms with van der Waals surface area (Å²) in [5.74, 6) is 0.133. The van der Waals surface area contributed by atoms with E-state index in [1.165, 1.54) is 12.7 Å². The van der Waals surface area contributed by atoms with E-state index in [0.717, 1.165) is 39.0 Å². The first kappa shape index (κ1) is 15.1. The lowest BCUT2D eigenvalue weighted by molar-refractivity contribution is -0.133. The molecule has 6 heteroatoms. The monoisotopic (exact) mass is 305 g/mol. The van der Waals surface area contributed by atoms with E-state index in [-0.39, 0.29) is 17.6 Å². The molecule has 0 atom stereocenters. The molecule has 2 N–H and O–H groups in total. The van der Waals surface area contributed by atoms with Gasteiger partial charge in [-0.1, -0.05) is 0 Å². The third-order valence-corrected chi connectivity index (χ3v) is 4.88. The van der Waals surface area contributed by atoms with Gasteiger partial charge in [-0.05, 0) is 43.4 Å². The summed E-state index contributed by atoms with van der Waals surface area (Å²) in [6.07, 6.45) is 5.21. The van der Waals surface area contributed by atoms with Gasteiger partial charge in [0.15, 0.2) is 5.76 Å². The van der Waals surface area contributed by atoms with E-state index in [1.54, 1.807) is 12.1 Å². The second kappa shape index (κ2) is 6.52. The first-order valence-corrected chi connectivity index (χ1v) is 7.99. The molecule has 6 nitrogen and oxygen atoms in total. The Kier molecular flexibility index (Phi) is 4.47. The number of nitrogens with zero attached hydrogens (tertiary/aromatic N) is 1. The van der Waals surface area contributed by atoms with Crippen molar-refractivity contribution < 1.29 is 14.0 Å². The van der Waals surface area contributed by atoms with Gasteiger partial charge in [0.25, 0.3) is 5.91 Å². The maximum absolute atomic E-state index is 12.2. The van der Waals surface area contributed by atoms with E-state index in [4.69, 9.17) is 4.42 Å². The highest BCUT2D eigenvalue weighted by Crippen LogP contribution is 2.36. The van der Waals surface area contributed by atoms with E-state index < -0.39 is 0 Å². The molecule has 1 aromatic heterocycles. The molecule has 0 aliphatic carbocycles. The summed E-state index contributed by atoms with van der Waals surface area (Å²) in [6.45, 7) is 4.22. The van der Waals surface area contributed by atoms with Crippen molar-refractivity contribution in [1.82, 2.24) is 15.5 Å². The minimum atomic E-state index is -0.271. The standard InChI is InChI=1S/C16H23N3O3/c20-14(3-7-18-15(21)13-2-1-11-22-13)19-9-5-16(6-10-19)4-8-17-12-16/h1-2,11,17H,3-10,12H2,(H,18,21). The van der Waals surface area contributed by atoms with Crippen molar-refractivity contribution >= 4 is 11.8 Å². The molecule has 1 spiro atoms. The van der Waals surface area contributed by atoms with E-state index in [9.17, 15) is 9.59 Å². The molecule has 2 saturated heterocycles. The highest BCUT2D eigenvalue weighted by molar-refractivity contribution is 5.91. The zero-order valence-electron chi connectivity index (χ0n) is 12.8. The fourth-order valence-corrected chi connectivity index (χ4v) is 3.39. The van der Waals surface area contributed by atoms with Crippen LogP contribution in [0.25, 0.3) is 0 Å². The van der Waals surface area contributed by atoms with Gasteiger partial charge >= 0.3 is 0 Å². The average molecular weight is 305 g/mol. The number of hydrogen-bond donors (Lipinski definition) is 2. The highest BCUT2D eigenvalue weighted by atomic mass is 16.3. The van der Waals surface area contributed by atoms with Crippen LogP contribution in [-0.2, 0) is 4.79 Å². The first-order valence-electron chi connectivity index (χ1n) is 7.99. The van der Waals surface area contributed by atoms with Gasteiger partial charge in [0, 0.05) is 32.6 Å². The lowest BCUT2D eigenvalue weighted by Crippen LogP contribution is -2.44. The third-order valence-electron chi connectivity index (χ3n) is 4.88. The Hall–Kier alpha value is -1.82. The molecular weight excluding hydrogens is 282 g/mol. The van der Waals surface area contributed by atoms with Crippen LogP contribution in [0, 0.1) is 5.41 Å². The molecule has 0 aromatic carbocycles. The van der Waals surface area contributed by atoms with Crippen molar-refractivity contribution in [3.63, 3.8) is 0 Å². The Morgan fingerprint density at radius 2 is 2.14 bits per heavy atom. The molecule has 22 heavy (non-hydrogen) atoms. The van der Waals surface area contributed by atoms with Crippen molar-refractivity contribution in [2.75, 3.05) is 32.7 Å². The van der Waals surface area contributed by atoms with Crippen LogP contribution in [0.4, 0.5) is 0 Å². The van der Waals surface area contributed by atoms with Crippen LogP contribution in [0.15, 0.2) is 22.8 Å². The quantitative estimate of drug-likeness (QED) is 0.870. The number of hydrogen-bond acceptors (Lipinski definition) is 4. The molecule has 0 bridgehead atoms. The third kappa shape index (κ3) is 3.32. The van der Waals surface area contributed by atoms with Gasteiger partial charge in [0.1, 0.15) is 0 Å². The van der Waals surface area contributed by atoms with Crippen LogP contribution in [0.1, 0.15) is 36.2 Å². The number of carbonyl (C=O) groups excluding carboxylic acids is 2. The summed E-state index contributed by atoms with van der Waals surface area (Å²) < 4.78 is 5.01. The molecule has 2 amide bonds. The average Bonchev–Trinajstić information content (AvgIpc) is 3.20. The normalized spacial score (nSPS) is 20.3. The van der Waals surface area contributed by atoms with Gasteiger partial charge in [-0.15, -0.1) is 0 Å². The summed E-state index contributed by atoms with van der Waals surface area (Å²) in [5, 5.41) is 6.14. The SMILES string of the molecule is O=C(NCCC(=O)N1CCC2(CCNC2)CC1)c1ccco1. The van der Waals surface area contributed by atoms with Crippen molar-refractivity contribution in [2.24, 2.45) is 5.41 Å². The zero-order valence-corrected chi connectivity index (χ0v) is 12.8. The second-order valence-corrected chi connectivity index (χ2v) is 6.29. The number of rotatable bonds is 4. The minimum Gasteiger partial charge on any atom is -0.459 e. The molecule has 2 aliphatic heterocycles. The van der Waals surface area contributed by atoms with Gasteiger partial charge in [-0.2, -0.15) is 0 Å². The predicted molar refractivity (Wildman–Crippen MR) is 81.4 cm³/mol. The summed E-state index contributed by atoms with van der Waals surface area (Å²) in [5.41, 5.74) is 0.421. The van der Waals surface area contributed by atoms with Crippen LogP contribution < -0.4 is 10.6 Å². The predicted octanol–water partition coefficient (Wildman–Crippen LogP) is 1.00. The molecule has 0 radical (unpaired) electrons. The lowest BCUT2D eigenvalue weighted by atomic mass is 9.78. The molecule has 3 heterocycles. The van der Waals surface area contributed by atoms with E-state index >= 15 is 0 Å². The number of nitrogens with one attached hydrogen (secondary N) is 2.